The molecule has 0 atom stereocenters. The molecule has 1 aromatic carbocycles. The predicted octanol–water partition coefficient (Wildman–Crippen LogP) is 1.09. The standard InChI is InChI=1S/C11H11FN2O6S/c12-10-8(14(16)17)4-6(5-9(10)21(13,18)19)11(15)20-7-2-1-3-7/h4-5,7H,1-3H2,(H2,13,18,19). The van der Waals surface area contributed by atoms with Gasteiger partial charge >= 0.3 is 11.7 Å². The van der Waals surface area contributed by atoms with Gasteiger partial charge in [0, 0.05) is 6.07 Å². The van der Waals surface area contributed by atoms with Gasteiger partial charge in [-0.25, -0.2) is 18.4 Å². The van der Waals surface area contributed by atoms with E-state index in [4.69, 9.17) is 9.88 Å². The van der Waals surface area contributed by atoms with E-state index >= 15 is 0 Å². The van der Waals surface area contributed by atoms with Crippen molar-refractivity contribution in [3.63, 3.8) is 0 Å². The molecule has 0 bridgehead atoms. The molecule has 2 rings (SSSR count). The summed E-state index contributed by atoms with van der Waals surface area (Å²) in [6.45, 7) is 0. The van der Waals surface area contributed by atoms with E-state index in [1.54, 1.807) is 0 Å². The van der Waals surface area contributed by atoms with Crippen molar-refractivity contribution in [1.29, 1.82) is 0 Å². The highest BCUT2D eigenvalue weighted by atomic mass is 32.2. The molecule has 8 nitrogen and oxygen atoms in total. The van der Waals surface area contributed by atoms with Crippen LogP contribution in [-0.2, 0) is 14.8 Å². The number of esters is 1. The first-order valence-corrected chi connectivity index (χ1v) is 7.46. The van der Waals surface area contributed by atoms with Gasteiger partial charge in [0.2, 0.25) is 15.8 Å². The average Bonchev–Trinajstić information content (AvgIpc) is 2.31. The molecule has 10 heteroatoms. The number of nitro groups is 1. The molecule has 21 heavy (non-hydrogen) atoms. The summed E-state index contributed by atoms with van der Waals surface area (Å²) < 4.78 is 41.3. The second-order valence-electron chi connectivity index (χ2n) is 4.57. The Morgan fingerprint density at radius 3 is 2.48 bits per heavy atom. The molecule has 2 N–H and O–H groups in total. The summed E-state index contributed by atoms with van der Waals surface area (Å²) in [6, 6.07) is 1.27. The van der Waals surface area contributed by atoms with Crippen LogP contribution >= 0.6 is 0 Å². The maximum Gasteiger partial charge on any atom is 0.338 e. The maximum absolute atomic E-state index is 13.7. The maximum atomic E-state index is 13.7. The number of hydrogen-bond acceptors (Lipinski definition) is 6. The van der Waals surface area contributed by atoms with Crippen molar-refractivity contribution >= 4 is 21.7 Å². The molecule has 114 valence electrons. The minimum Gasteiger partial charge on any atom is -0.459 e. The molecule has 0 aliphatic heterocycles. The third-order valence-electron chi connectivity index (χ3n) is 3.08. The summed E-state index contributed by atoms with van der Waals surface area (Å²) in [5, 5.41) is 15.5. The summed E-state index contributed by atoms with van der Waals surface area (Å²) in [7, 11) is -4.55. The lowest BCUT2D eigenvalue weighted by Crippen LogP contribution is -2.25. The van der Waals surface area contributed by atoms with Gasteiger partial charge < -0.3 is 4.74 Å². The van der Waals surface area contributed by atoms with Crippen LogP contribution in [0.5, 0.6) is 0 Å². The second kappa shape index (κ2) is 5.37. The molecule has 0 amide bonds. The van der Waals surface area contributed by atoms with E-state index in [0.717, 1.165) is 6.42 Å². The molecule has 1 aliphatic carbocycles. The van der Waals surface area contributed by atoms with Gasteiger partial charge in [0.25, 0.3) is 0 Å². The van der Waals surface area contributed by atoms with Crippen molar-refractivity contribution in [2.75, 3.05) is 0 Å². The van der Waals surface area contributed by atoms with Crippen LogP contribution in [0.15, 0.2) is 17.0 Å². The molecule has 0 unspecified atom stereocenters. The SMILES string of the molecule is NS(=O)(=O)c1cc(C(=O)OC2CCC2)cc([N+](=O)[O-])c1F. The van der Waals surface area contributed by atoms with Crippen LogP contribution in [0, 0.1) is 15.9 Å². The van der Waals surface area contributed by atoms with E-state index < -0.39 is 42.9 Å². The highest BCUT2D eigenvalue weighted by Crippen LogP contribution is 2.28. The molecule has 0 heterocycles. The highest BCUT2D eigenvalue weighted by molar-refractivity contribution is 7.89. The lowest BCUT2D eigenvalue weighted by molar-refractivity contribution is -0.387. The third-order valence-corrected chi connectivity index (χ3v) is 3.99. The lowest BCUT2D eigenvalue weighted by Gasteiger charge is -2.25. The quantitative estimate of drug-likeness (QED) is 0.502. The largest absolute Gasteiger partial charge is 0.459 e. The molecular weight excluding hydrogens is 307 g/mol. The first-order chi connectivity index (χ1) is 9.70. The minimum atomic E-state index is -4.55. The fourth-order valence-electron chi connectivity index (χ4n) is 1.75. The van der Waals surface area contributed by atoms with Crippen LogP contribution in [0.4, 0.5) is 10.1 Å². The van der Waals surface area contributed by atoms with Gasteiger partial charge in [-0.05, 0) is 25.3 Å². The molecule has 0 radical (unpaired) electrons. The van der Waals surface area contributed by atoms with Crippen molar-refractivity contribution in [3.05, 3.63) is 33.6 Å². The van der Waals surface area contributed by atoms with Crippen LogP contribution in [0.25, 0.3) is 0 Å². The lowest BCUT2D eigenvalue weighted by atomic mass is 9.96. The van der Waals surface area contributed by atoms with Crippen molar-refractivity contribution in [2.24, 2.45) is 5.14 Å². The van der Waals surface area contributed by atoms with E-state index in [1.165, 1.54) is 0 Å². The number of carbonyl (C=O) groups excluding carboxylic acids is 1. The van der Waals surface area contributed by atoms with Gasteiger partial charge in [0.1, 0.15) is 11.0 Å². The number of nitrogens with two attached hydrogens (primary N) is 1. The van der Waals surface area contributed by atoms with E-state index in [-0.39, 0.29) is 6.10 Å². The number of nitro benzene ring substituents is 1. The Labute approximate surface area is 118 Å². The van der Waals surface area contributed by atoms with Crippen molar-refractivity contribution < 1.29 is 27.3 Å². The number of sulfonamides is 1. The van der Waals surface area contributed by atoms with E-state index in [1.807, 2.05) is 0 Å². The summed E-state index contributed by atoms with van der Waals surface area (Å²) in [5.74, 6) is -2.56. The van der Waals surface area contributed by atoms with Gasteiger partial charge in [-0.15, -0.1) is 0 Å². The molecule has 0 saturated heterocycles. The zero-order valence-electron chi connectivity index (χ0n) is 10.6. The monoisotopic (exact) mass is 318 g/mol. The Balaban J connectivity index is 2.48. The first-order valence-electron chi connectivity index (χ1n) is 5.92. The van der Waals surface area contributed by atoms with Crippen LogP contribution in [-0.4, -0.2) is 25.4 Å². The third kappa shape index (κ3) is 3.16. The van der Waals surface area contributed by atoms with Crippen LogP contribution in [0.3, 0.4) is 0 Å². The van der Waals surface area contributed by atoms with Gasteiger partial charge in [-0.3, -0.25) is 10.1 Å². The van der Waals surface area contributed by atoms with Gasteiger partial charge in [-0.1, -0.05) is 0 Å². The van der Waals surface area contributed by atoms with E-state index in [2.05, 4.69) is 0 Å². The topological polar surface area (TPSA) is 130 Å². The second-order valence-corrected chi connectivity index (χ2v) is 6.10. The van der Waals surface area contributed by atoms with Crippen molar-refractivity contribution in [1.82, 2.24) is 0 Å². The number of hydrogen-bond donors (Lipinski definition) is 1. The number of rotatable bonds is 4. The number of nitrogens with zero attached hydrogens (tertiary/aromatic N) is 1. The highest BCUT2D eigenvalue weighted by Gasteiger charge is 2.29. The summed E-state index contributed by atoms with van der Waals surface area (Å²) >= 11 is 0. The fourth-order valence-corrected chi connectivity index (χ4v) is 2.39. The zero-order valence-corrected chi connectivity index (χ0v) is 11.4. The Morgan fingerprint density at radius 1 is 1.43 bits per heavy atom. The summed E-state index contributed by atoms with van der Waals surface area (Å²) in [5.41, 5.74) is -1.58. The Kier molecular flexibility index (Phi) is 3.92. The Hall–Kier alpha value is -2.07. The molecule has 1 aromatic rings. The Bertz CT molecular complexity index is 714. The van der Waals surface area contributed by atoms with Crippen molar-refractivity contribution in [3.8, 4) is 0 Å². The summed E-state index contributed by atoms with van der Waals surface area (Å²) in [4.78, 5) is 20.3. The van der Waals surface area contributed by atoms with E-state index in [9.17, 15) is 27.7 Å². The summed E-state index contributed by atoms with van der Waals surface area (Å²) in [6.07, 6.45) is 1.91. The normalized spacial score (nSPS) is 15.3. The molecule has 0 aromatic heterocycles. The number of halogens is 1. The van der Waals surface area contributed by atoms with Gasteiger partial charge in [0.05, 0.1) is 10.5 Å². The number of ether oxygens (including phenoxy) is 1. The molecule has 0 spiro atoms. The zero-order chi connectivity index (χ0) is 15.8. The van der Waals surface area contributed by atoms with Gasteiger partial charge in [-0.2, -0.15) is 4.39 Å². The smallest absolute Gasteiger partial charge is 0.338 e. The number of carbonyl (C=O) groups is 1. The molecule has 1 saturated carbocycles. The van der Waals surface area contributed by atoms with Crippen LogP contribution in [0.1, 0.15) is 29.6 Å². The fraction of sp³-hybridized carbons (Fsp3) is 0.364. The van der Waals surface area contributed by atoms with Crippen LogP contribution in [0.2, 0.25) is 0 Å². The predicted molar refractivity (Wildman–Crippen MR) is 67.5 cm³/mol. The average molecular weight is 318 g/mol. The van der Waals surface area contributed by atoms with E-state index in [0.29, 0.717) is 25.0 Å². The number of benzene rings is 1. The number of primary sulfonamides is 1. The molecule has 1 aliphatic rings. The minimum absolute atomic E-state index is 0.306. The molecular formula is C11H11FN2O6S. The Morgan fingerprint density at radius 2 is 2.05 bits per heavy atom. The van der Waals surface area contributed by atoms with Crippen molar-refractivity contribution in [2.45, 2.75) is 30.3 Å². The molecule has 1 fully saturated rings. The first kappa shape index (κ1) is 15.3. The van der Waals surface area contributed by atoms with Crippen LogP contribution < -0.4 is 5.14 Å². The van der Waals surface area contributed by atoms with Gasteiger partial charge in [0.15, 0.2) is 0 Å².